The number of carbonyl (C=O) groups is 2. The number of amides is 1. The predicted octanol–water partition coefficient (Wildman–Crippen LogP) is 2.00. The zero-order chi connectivity index (χ0) is 16.2. The molecule has 1 amide bonds. The van der Waals surface area contributed by atoms with Gasteiger partial charge in [-0.2, -0.15) is 0 Å². The Bertz CT molecular complexity index is 713. The highest BCUT2D eigenvalue weighted by atomic mass is 16.5. The SMILES string of the molecule is C=CC[C@@H]1N(c2ccccc2)C(=O)[C@@H]2[C@@H](C(=O)O)[C@H]3C=C[C@]21O3. The number of nitrogens with zero attached hydrogens (tertiary/aromatic N) is 1. The Labute approximate surface area is 133 Å². The molecule has 1 aromatic carbocycles. The van der Waals surface area contributed by atoms with E-state index >= 15 is 0 Å². The summed E-state index contributed by atoms with van der Waals surface area (Å²) in [6, 6.07) is 9.05. The van der Waals surface area contributed by atoms with Crippen molar-refractivity contribution in [2.75, 3.05) is 4.90 Å². The summed E-state index contributed by atoms with van der Waals surface area (Å²) in [7, 11) is 0. The molecule has 0 aromatic heterocycles. The monoisotopic (exact) mass is 311 g/mol. The number of aliphatic carboxylic acids is 1. The predicted molar refractivity (Wildman–Crippen MR) is 83.9 cm³/mol. The maximum atomic E-state index is 13.1. The summed E-state index contributed by atoms with van der Waals surface area (Å²) in [6.07, 6.45) is 5.44. The van der Waals surface area contributed by atoms with Gasteiger partial charge in [-0.15, -0.1) is 6.58 Å². The third-order valence-electron chi connectivity index (χ3n) is 5.13. The topological polar surface area (TPSA) is 66.8 Å². The summed E-state index contributed by atoms with van der Waals surface area (Å²) in [5.41, 5.74) is -0.104. The maximum absolute atomic E-state index is 13.1. The minimum atomic E-state index is -0.980. The lowest BCUT2D eigenvalue weighted by Crippen LogP contribution is -2.45. The van der Waals surface area contributed by atoms with E-state index in [1.54, 1.807) is 17.1 Å². The molecule has 118 valence electrons. The third-order valence-corrected chi connectivity index (χ3v) is 5.13. The number of anilines is 1. The maximum Gasteiger partial charge on any atom is 0.310 e. The van der Waals surface area contributed by atoms with Gasteiger partial charge in [-0.1, -0.05) is 36.4 Å². The summed E-state index contributed by atoms with van der Waals surface area (Å²) in [6.45, 7) is 3.79. The van der Waals surface area contributed by atoms with Crippen LogP contribution in [0.4, 0.5) is 5.69 Å². The molecule has 2 saturated heterocycles. The Morgan fingerprint density at radius 2 is 2.13 bits per heavy atom. The molecule has 5 atom stereocenters. The van der Waals surface area contributed by atoms with E-state index in [0.717, 1.165) is 5.69 Å². The van der Waals surface area contributed by atoms with Crippen LogP contribution in [0.2, 0.25) is 0 Å². The normalized spacial score (nSPS) is 37.2. The van der Waals surface area contributed by atoms with Crippen molar-refractivity contribution < 1.29 is 19.4 Å². The summed E-state index contributed by atoms with van der Waals surface area (Å²) in [4.78, 5) is 26.5. The molecule has 2 bridgehead atoms. The fourth-order valence-corrected chi connectivity index (χ4v) is 4.27. The van der Waals surface area contributed by atoms with Crippen LogP contribution in [0, 0.1) is 11.8 Å². The fourth-order valence-electron chi connectivity index (χ4n) is 4.27. The van der Waals surface area contributed by atoms with E-state index in [-0.39, 0.29) is 11.9 Å². The lowest BCUT2D eigenvalue weighted by molar-refractivity contribution is -0.146. The first-order valence-corrected chi connectivity index (χ1v) is 7.69. The van der Waals surface area contributed by atoms with E-state index in [1.807, 2.05) is 36.4 Å². The highest BCUT2D eigenvalue weighted by molar-refractivity contribution is 6.03. The van der Waals surface area contributed by atoms with Crippen LogP contribution in [0.1, 0.15) is 6.42 Å². The molecule has 3 aliphatic rings. The largest absolute Gasteiger partial charge is 0.481 e. The molecule has 2 fully saturated rings. The van der Waals surface area contributed by atoms with Gasteiger partial charge in [0.15, 0.2) is 0 Å². The number of rotatable bonds is 4. The van der Waals surface area contributed by atoms with Crippen molar-refractivity contribution in [3.8, 4) is 0 Å². The number of para-hydroxylation sites is 1. The lowest BCUT2D eigenvalue weighted by atomic mass is 9.74. The van der Waals surface area contributed by atoms with E-state index in [2.05, 4.69) is 6.58 Å². The highest BCUT2D eigenvalue weighted by Gasteiger charge is 2.71. The number of hydrogen-bond donors (Lipinski definition) is 1. The Morgan fingerprint density at radius 3 is 2.78 bits per heavy atom. The van der Waals surface area contributed by atoms with E-state index < -0.39 is 29.5 Å². The summed E-state index contributed by atoms with van der Waals surface area (Å²) in [5, 5.41) is 9.57. The molecule has 1 spiro atoms. The number of benzene rings is 1. The van der Waals surface area contributed by atoms with Crippen LogP contribution >= 0.6 is 0 Å². The molecule has 0 radical (unpaired) electrons. The van der Waals surface area contributed by atoms with E-state index in [0.29, 0.717) is 6.42 Å². The van der Waals surface area contributed by atoms with Crippen LogP contribution in [0.3, 0.4) is 0 Å². The number of hydrogen-bond acceptors (Lipinski definition) is 3. The van der Waals surface area contributed by atoms with Gasteiger partial charge in [-0.05, 0) is 18.6 Å². The molecule has 0 unspecified atom stereocenters. The van der Waals surface area contributed by atoms with Gasteiger partial charge < -0.3 is 14.7 Å². The summed E-state index contributed by atoms with van der Waals surface area (Å²) in [5.74, 6) is -2.66. The molecule has 1 aromatic rings. The minimum absolute atomic E-state index is 0.178. The van der Waals surface area contributed by atoms with Gasteiger partial charge in [0.1, 0.15) is 11.5 Å². The van der Waals surface area contributed by atoms with Crippen molar-refractivity contribution in [2.45, 2.75) is 24.2 Å². The van der Waals surface area contributed by atoms with E-state index in [1.165, 1.54) is 0 Å². The third kappa shape index (κ3) is 1.71. The van der Waals surface area contributed by atoms with Crippen LogP contribution in [0.25, 0.3) is 0 Å². The second kappa shape index (κ2) is 4.80. The van der Waals surface area contributed by atoms with Crippen molar-refractivity contribution in [2.24, 2.45) is 11.8 Å². The Balaban J connectivity index is 1.85. The van der Waals surface area contributed by atoms with Crippen LogP contribution in [-0.4, -0.2) is 34.7 Å². The molecule has 5 heteroatoms. The summed E-state index contributed by atoms with van der Waals surface area (Å²) >= 11 is 0. The van der Waals surface area contributed by atoms with Crippen LogP contribution in [0.5, 0.6) is 0 Å². The molecule has 3 aliphatic heterocycles. The Morgan fingerprint density at radius 1 is 1.39 bits per heavy atom. The first kappa shape index (κ1) is 14.2. The zero-order valence-electron chi connectivity index (χ0n) is 12.5. The fraction of sp³-hybridized carbons (Fsp3) is 0.333. The molecule has 23 heavy (non-hydrogen) atoms. The van der Waals surface area contributed by atoms with Crippen LogP contribution < -0.4 is 4.90 Å². The first-order valence-electron chi connectivity index (χ1n) is 7.69. The average molecular weight is 311 g/mol. The van der Waals surface area contributed by atoms with Gasteiger partial charge in [-0.3, -0.25) is 9.59 Å². The van der Waals surface area contributed by atoms with Crippen molar-refractivity contribution in [1.29, 1.82) is 0 Å². The van der Waals surface area contributed by atoms with E-state index in [4.69, 9.17) is 4.74 Å². The average Bonchev–Trinajstić information content (AvgIpc) is 3.18. The second-order valence-electron chi connectivity index (χ2n) is 6.22. The first-order chi connectivity index (χ1) is 11.1. The molecule has 1 N–H and O–H groups in total. The standard InChI is InChI=1S/C18H17NO4/c1-2-6-13-18-10-9-12(23-18)14(17(21)22)15(18)16(20)19(13)11-7-4-3-5-8-11/h2-5,7-10,12-15H,1,6H2,(H,21,22)/t12-,13+,14+,15+,18-/m1/s1. The van der Waals surface area contributed by atoms with Gasteiger partial charge in [0.05, 0.1) is 18.1 Å². The second-order valence-corrected chi connectivity index (χ2v) is 6.22. The van der Waals surface area contributed by atoms with Crippen molar-refractivity contribution in [3.05, 3.63) is 55.1 Å². The van der Waals surface area contributed by atoms with E-state index in [9.17, 15) is 14.7 Å². The molecule has 4 rings (SSSR count). The van der Waals surface area contributed by atoms with Gasteiger partial charge >= 0.3 is 5.97 Å². The number of fused-ring (bicyclic) bond motifs is 1. The van der Waals surface area contributed by atoms with Gasteiger partial charge in [0.25, 0.3) is 0 Å². The number of carboxylic acids is 1. The van der Waals surface area contributed by atoms with Crippen LogP contribution in [0.15, 0.2) is 55.1 Å². The minimum Gasteiger partial charge on any atom is -0.481 e. The molecule has 0 saturated carbocycles. The number of carbonyl (C=O) groups excluding carboxylic acids is 1. The summed E-state index contributed by atoms with van der Waals surface area (Å²) < 4.78 is 6.04. The van der Waals surface area contributed by atoms with Crippen molar-refractivity contribution >= 4 is 17.6 Å². The quantitative estimate of drug-likeness (QED) is 0.864. The lowest BCUT2D eigenvalue weighted by Gasteiger charge is -2.32. The van der Waals surface area contributed by atoms with Gasteiger partial charge in [0, 0.05) is 5.69 Å². The van der Waals surface area contributed by atoms with Gasteiger partial charge in [-0.25, -0.2) is 0 Å². The molecule has 5 nitrogen and oxygen atoms in total. The van der Waals surface area contributed by atoms with Gasteiger partial charge in [0.2, 0.25) is 5.91 Å². The molecule has 3 heterocycles. The smallest absolute Gasteiger partial charge is 0.310 e. The number of carboxylic acid groups (broad SMARTS) is 1. The van der Waals surface area contributed by atoms with Crippen molar-refractivity contribution in [1.82, 2.24) is 0 Å². The number of ether oxygens (including phenoxy) is 1. The molecule has 0 aliphatic carbocycles. The zero-order valence-corrected chi connectivity index (χ0v) is 12.5. The molecular weight excluding hydrogens is 294 g/mol. The Hall–Kier alpha value is -2.40. The Kier molecular flexibility index (Phi) is 2.96. The van der Waals surface area contributed by atoms with Crippen molar-refractivity contribution in [3.63, 3.8) is 0 Å². The van der Waals surface area contributed by atoms with Crippen LogP contribution in [-0.2, 0) is 14.3 Å². The highest BCUT2D eigenvalue weighted by Crippen LogP contribution is 2.56. The molecular formula is C18H17NO4.